The lowest BCUT2D eigenvalue weighted by Crippen LogP contribution is -2.56. The molecule has 0 spiro atoms. The summed E-state index contributed by atoms with van der Waals surface area (Å²) >= 11 is 0. The van der Waals surface area contributed by atoms with Crippen molar-refractivity contribution in [1.82, 2.24) is 4.90 Å². The van der Waals surface area contributed by atoms with Crippen molar-refractivity contribution < 1.29 is 9.53 Å². The molecule has 0 amide bonds. The fourth-order valence-electron chi connectivity index (χ4n) is 2.49. The second kappa shape index (κ2) is 7.31. The number of carbonyl (C=O) groups is 1. The molecule has 0 radical (unpaired) electrons. The fraction of sp³-hybridized carbons (Fsp3) is 0.923. The predicted molar refractivity (Wildman–Crippen MR) is 75.9 cm³/mol. The molecule has 0 aromatic heterocycles. The van der Waals surface area contributed by atoms with Gasteiger partial charge in [0.1, 0.15) is 6.04 Å². The van der Waals surface area contributed by atoms with E-state index in [0.717, 1.165) is 25.9 Å². The first-order chi connectivity index (χ1) is 7.92. The highest BCUT2D eigenvalue weighted by molar-refractivity contribution is 5.85. The minimum absolute atomic E-state index is 0. The van der Waals surface area contributed by atoms with E-state index in [4.69, 9.17) is 10.5 Å². The minimum atomic E-state index is -0.110. The number of likely N-dealkylation sites (tertiary alicyclic amines) is 1. The van der Waals surface area contributed by atoms with Gasteiger partial charge in [-0.3, -0.25) is 9.69 Å². The van der Waals surface area contributed by atoms with E-state index in [1.807, 2.05) is 13.8 Å². The SMILES string of the molecule is CCOC(=O)C(CC)N1CCC(N)C(C)(C)C1.Cl. The molecule has 0 aromatic carbocycles. The molecule has 2 unspecified atom stereocenters. The first-order valence-corrected chi connectivity index (χ1v) is 6.58. The summed E-state index contributed by atoms with van der Waals surface area (Å²) < 4.78 is 5.13. The van der Waals surface area contributed by atoms with Crippen molar-refractivity contribution in [2.24, 2.45) is 11.1 Å². The van der Waals surface area contributed by atoms with Gasteiger partial charge in [0.15, 0.2) is 0 Å². The van der Waals surface area contributed by atoms with Crippen molar-refractivity contribution in [3.63, 3.8) is 0 Å². The largest absolute Gasteiger partial charge is 0.465 e. The quantitative estimate of drug-likeness (QED) is 0.797. The molecule has 1 heterocycles. The molecule has 0 bridgehead atoms. The number of nitrogens with zero attached hydrogens (tertiary/aromatic N) is 1. The van der Waals surface area contributed by atoms with E-state index in [1.165, 1.54) is 0 Å². The molecule has 18 heavy (non-hydrogen) atoms. The first kappa shape index (κ1) is 17.7. The van der Waals surface area contributed by atoms with E-state index in [2.05, 4.69) is 18.7 Å². The summed E-state index contributed by atoms with van der Waals surface area (Å²) in [6.45, 7) is 10.4. The molecule has 5 heteroatoms. The Morgan fingerprint density at radius 2 is 2.11 bits per heavy atom. The van der Waals surface area contributed by atoms with Crippen LogP contribution in [0.15, 0.2) is 0 Å². The van der Waals surface area contributed by atoms with Gasteiger partial charge >= 0.3 is 5.97 Å². The number of ether oxygens (including phenoxy) is 1. The normalized spacial score (nSPS) is 25.1. The lowest BCUT2D eigenvalue weighted by molar-refractivity contribution is -0.151. The van der Waals surface area contributed by atoms with Gasteiger partial charge in [0.05, 0.1) is 6.61 Å². The van der Waals surface area contributed by atoms with E-state index >= 15 is 0 Å². The van der Waals surface area contributed by atoms with Gasteiger partial charge in [0, 0.05) is 19.1 Å². The summed E-state index contributed by atoms with van der Waals surface area (Å²) in [6.07, 6.45) is 1.74. The van der Waals surface area contributed by atoms with E-state index in [0.29, 0.717) is 6.61 Å². The van der Waals surface area contributed by atoms with Crippen LogP contribution < -0.4 is 5.73 Å². The second-order valence-electron chi connectivity index (χ2n) is 5.53. The highest BCUT2D eigenvalue weighted by atomic mass is 35.5. The number of rotatable bonds is 4. The number of nitrogens with two attached hydrogens (primary N) is 1. The highest BCUT2D eigenvalue weighted by Crippen LogP contribution is 2.29. The number of carbonyl (C=O) groups excluding carboxylic acids is 1. The van der Waals surface area contributed by atoms with Crippen LogP contribution in [0.5, 0.6) is 0 Å². The Hall–Kier alpha value is -0.320. The van der Waals surface area contributed by atoms with Gasteiger partial charge in [-0.25, -0.2) is 0 Å². The van der Waals surface area contributed by atoms with Crippen LogP contribution in [-0.4, -0.2) is 42.6 Å². The molecular formula is C13H27ClN2O2. The number of esters is 1. The Morgan fingerprint density at radius 3 is 2.56 bits per heavy atom. The van der Waals surface area contributed by atoms with Crippen molar-refractivity contribution in [2.75, 3.05) is 19.7 Å². The molecule has 1 rings (SSSR count). The van der Waals surface area contributed by atoms with Crippen molar-refractivity contribution in [3.8, 4) is 0 Å². The van der Waals surface area contributed by atoms with Crippen LogP contribution in [0.1, 0.15) is 40.5 Å². The standard InChI is InChI=1S/C13H26N2O2.ClH/c1-5-10(12(16)17-6-2)15-8-7-11(14)13(3,4)9-15;/h10-11H,5-9,14H2,1-4H3;1H. The molecule has 0 aliphatic carbocycles. The van der Waals surface area contributed by atoms with E-state index in [1.54, 1.807) is 0 Å². The third kappa shape index (κ3) is 4.11. The number of hydrogen-bond donors (Lipinski definition) is 1. The van der Waals surface area contributed by atoms with Crippen LogP contribution >= 0.6 is 12.4 Å². The Labute approximate surface area is 117 Å². The third-order valence-corrected chi connectivity index (χ3v) is 3.73. The zero-order chi connectivity index (χ0) is 13.1. The Balaban J connectivity index is 0.00000289. The summed E-state index contributed by atoms with van der Waals surface area (Å²) in [5.41, 5.74) is 6.18. The minimum Gasteiger partial charge on any atom is -0.465 e. The monoisotopic (exact) mass is 278 g/mol. The van der Waals surface area contributed by atoms with Crippen LogP contribution in [0, 0.1) is 5.41 Å². The molecule has 0 saturated carbocycles. The third-order valence-electron chi connectivity index (χ3n) is 3.73. The van der Waals surface area contributed by atoms with Crippen LogP contribution in [-0.2, 0) is 9.53 Å². The van der Waals surface area contributed by atoms with E-state index in [9.17, 15) is 4.79 Å². The second-order valence-corrected chi connectivity index (χ2v) is 5.53. The molecule has 2 atom stereocenters. The van der Waals surface area contributed by atoms with Crippen molar-refractivity contribution in [1.29, 1.82) is 0 Å². The molecule has 0 aromatic rings. The zero-order valence-electron chi connectivity index (χ0n) is 11.9. The predicted octanol–water partition coefficient (Wildman–Crippen LogP) is 1.81. The van der Waals surface area contributed by atoms with E-state index < -0.39 is 0 Å². The maximum Gasteiger partial charge on any atom is 0.323 e. The van der Waals surface area contributed by atoms with Crippen molar-refractivity contribution in [2.45, 2.75) is 52.6 Å². The molecule has 1 saturated heterocycles. The lowest BCUT2D eigenvalue weighted by atomic mass is 9.79. The molecule has 1 aliphatic rings. The summed E-state index contributed by atoms with van der Waals surface area (Å²) in [7, 11) is 0. The molecule has 1 aliphatic heterocycles. The molecule has 2 N–H and O–H groups in total. The van der Waals surface area contributed by atoms with Crippen LogP contribution in [0.25, 0.3) is 0 Å². The maximum absolute atomic E-state index is 11.9. The molecule has 1 fully saturated rings. The average molecular weight is 279 g/mol. The fourth-order valence-corrected chi connectivity index (χ4v) is 2.49. The smallest absolute Gasteiger partial charge is 0.323 e. The topological polar surface area (TPSA) is 55.6 Å². The molecule has 4 nitrogen and oxygen atoms in total. The summed E-state index contributed by atoms with van der Waals surface area (Å²) in [5, 5.41) is 0. The lowest BCUT2D eigenvalue weighted by Gasteiger charge is -2.44. The van der Waals surface area contributed by atoms with Crippen molar-refractivity contribution >= 4 is 18.4 Å². The van der Waals surface area contributed by atoms with Gasteiger partial charge in [-0.1, -0.05) is 20.8 Å². The Kier molecular flexibility index (Phi) is 7.18. The number of piperidine rings is 1. The summed E-state index contributed by atoms with van der Waals surface area (Å²) in [5.74, 6) is -0.0960. The van der Waals surface area contributed by atoms with Gasteiger partial charge in [-0.15, -0.1) is 12.4 Å². The van der Waals surface area contributed by atoms with Gasteiger partial charge < -0.3 is 10.5 Å². The van der Waals surface area contributed by atoms with E-state index in [-0.39, 0.29) is 35.9 Å². The van der Waals surface area contributed by atoms with Gasteiger partial charge in [-0.05, 0) is 25.2 Å². The van der Waals surface area contributed by atoms with Gasteiger partial charge in [-0.2, -0.15) is 0 Å². The Morgan fingerprint density at radius 1 is 1.50 bits per heavy atom. The molecular weight excluding hydrogens is 252 g/mol. The van der Waals surface area contributed by atoms with Crippen LogP contribution in [0.2, 0.25) is 0 Å². The Bertz CT molecular complexity index is 272. The van der Waals surface area contributed by atoms with Gasteiger partial charge in [0.2, 0.25) is 0 Å². The van der Waals surface area contributed by atoms with Crippen molar-refractivity contribution in [3.05, 3.63) is 0 Å². The first-order valence-electron chi connectivity index (χ1n) is 6.58. The highest BCUT2D eigenvalue weighted by Gasteiger charge is 2.37. The maximum atomic E-state index is 11.9. The average Bonchev–Trinajstić information content (AvgIpc) is 2.24. The van der Waals surface area contributed by atoms with Crippen LogP contribution in [0.4, 0.5) is 0 Å². The summed E-state index contributed by atoms with van der Waals surface area (Å²) in [6, 6.07) is 0.111. The zero-order valence-corrected chi connectivity index (χ0v) is 12.8. The van der Waals surface area contributed by atoms with Crippen LogP contribution in [0.3, 0.4) is 0 Å². The molecule has 108 valence electrons. The summed E-state index contributed by atoms with van der Waals surface area (Å²) in [4.78, 5) is 14.1. The number of halogens is 1. The van der Waals surface area contributed by atoms with Gasteiger partial charge in [0.25, 0.3) is 0 Å². The number of hydrogen-bond acceptors (Lipinski definition) is 4.